The van der Waals surface area contributed by atoms with Crippen molar-refractivity contribution in [3.63, 3.8) is 0 Å². The molecule has 0 aromatic heterocycles. The van der Waals surface area contributed by atoms with Crippen LogP contribution in [-0.2, 0) is 9.53 Å². The standard InChI is InChI=1S/C12H24N2O2.2ClH/c1-14(9-3-4-12(15)16-2)11-7-5-10(13)6-8-11;;/h10-11H,3-9,13H2,1-2H3;2*1H. The summed E-state index contributed by atoms with van der Waals surface area (Å²) in [5.41, 5.74) is 5.88. The van der Waals surface area contributed by atoms with Crippen molar-refractivity contribution >= 4 is 30.8 Å². The molecular formula is C12H26Cl2N2O2. The van der Waals surface area contributed by atoms with E-state index in [9.17, 15) is 4.79 Å². The second-order valence-corrected chi connectivity index (χ2v) is 4.73. The van der Waals surface area contributed by atoms with Crippen molar-refractivity contribution in [2.45, 2.75) is 50.6 Å². The van der Waals surface area contributed by atoms with E-state index in [1.807, 2.05) is 0 Å². The highest BCUT2D eigenvalue weighted by molar-refractivity contribution is 5.85. The molecule has 0 unspecified atom stereocenters. The van der Waals surface area contributed by atoms with Gasteiger partial charge in [-0.2, -0.15) is 0 Å². The molecule has 0 amide bonds. The number of ether oxygens (including phenoxy) is 1. The summed E-state index contributed by atoms with van der Waals surface area (Å²) in [6, 6.07) is 1.05. The average molecular weight is 301 g/mol. The molecule has 4 nitrogen and oxygen atoms in total. The molecule has 1 aliphatic carbocycles. The van der Waals surface area contributed by atoms with Crippen LogP contribution in [0.1, 0.15) is 38.5 Å². The molecule has 0 atom stereocenters. The highest BCUT2D eigenvalue weighted by Crippen LogP contribution is 2.21. The smallest absolute Gasteiger partial charge is 0.305 e. The molecule has 1 fully saturated rings. The maximum Gasteiger partial charge on any atom is 0.305 e. The fourth-order valence-electron chi connectivity index (χ4n) is 2.30. The van der Waals surface area contributed by atoms with Crippen LogP contribution in [0.2, 0.25) is 0 Å². The van der Waals surface area contributed by atoms with Crippen LogP contribution in [0.4, 0.5) is 0 Å². The number of hydrogen-bond donors (Lipinski definition) is 1. The first kappa shape index (κ1) is 20.3. The molecule has 1 rings (SSSR count). The second kappa shape index (κ2) is 10.9. The highest BCUT2D eigenvalue weighted by atomic mass is 35.5. The largest absolute Gasteiger partial charge is 0.469 e. The van der Waals surface area contributed by atoms with Gasteiger partial charge in [-0.1, -0.05) is 0 Å². The van der Waals surface area contributed by atoms with E-state index in [0.29, 0.717) is 18.5 Å². The number of nitrogens with zero attached hydrogens (tertiary/aromatic N) is 1. The van der Waals surface area contributed by atoms with Gasteiger partial charge in [0.15, 0.2) is 0 Å². The second-order valence-electron chi connectivity index (χ2n) is 4.73. The minimum atomic E-state index is -0.112. The van der Waals surface area contributed by atoms with Crippen molar-refractivity contribution in [1.82, 2.24) is 4.90 Å². The van der Waals surface area contributed by atoms with E-state index in [1.165, 1.54) is 20.0 Å². The number of carbonyl (C=O) groups excluding carboxylic acids is 1. The summed E-state index contributed by atoms with van der Waals surface area (Å²) in [4.78, 5) is 13.3. The van der Waals surface area contributed by atoms with Crippen LogP contribution in [0.5, 0.6) is 0 Å². The van der Waals surface area contributed by atoms with Gasteiger partial charge in [-0.3, -0.25) is 4.79 Å². The van der Waals surface area contributed by atoms with Gasteiger partial charge in [-0.25, -0.2) is 0 Å². The molecule has 6 heteroatoms. The Morgan fingerprint density at radius 3 is 2.33 bits per heavy atom. The van der Waals surface area contributed by atoms with Crippen LogP contribution in [0, 0.1) is 0 Å². The molecular weight excluding hydrogens is 275 g/mol. The molecule has 1 saturated carbocycles. The molecule has 0 saturated heterocycles. The zero-order valence-corrected chi connectivity index (χ0v) is 12.9. The van der Waals surface area contributed by atoms with E-state index in [2.05, 4.69) is 16.7 Å². The topological polar surface area (TPSA) is 55.6 Å². The van der Waals surface area contributed by atoms with Crippen molar-refractivity contribution in [1.29, 1.82) is 0 Å². The molecule has 2 N–H and O–H groups in total. The molecule has 0 bridgehead atoms. The van der Waals surface area contributed by atoms with Crippen molar-refractivity contribution < 1.29 is 9.53 Å². The van der Waals surface area contributed by atoms with Crippen LogP contribution in [0.3, 0.4) is 0 Å². The molecule has 0 aliphatic heterocycles. The number of esters is 1. The van der Waals surface area contributed by atoms with Crippen molar-refractivity contribution in [2.75, 3.05) is 20.7 Å². The third-order valence-electron chi connectivity index (χ3n) is 3.48. The lowest BCUT2D eigenvalue weighted by atomic mass is 9.91. The Labute approximate surface area is 122 Å². The number of methoxy groups -OCH3 is 1. The predicted octanol–water partition coefficient (Wildman–Crippen LogP) is 1.98. The molecule has 18 heavy (non-hydrogen) atoms. The van der Waals surface area contributed by atoms with Gasteiger partial charge in [0.05, 0.1) is 7.11 Å². The molecule has 0 radical (unpaired) electrons. The average Bonchev–Trinajstić information content (AvgIpc) is 2.29. The fraction of sp³-hybridized carbons (Fsp3) is 0.917. The molecule has 0 aromatic carbocycles. The lowest BCUT2D eigenvalue weighted by Crippen LogP contribution is -2.39. The Hall–Kier alpha value is -0.0300. The number of carbonyl (C=O) groups is 1. The van der Waals surface area contributed by atoms with Gasteiger partial charge in [-0.05, 0) is 45.7 Å². The third kappa shape index (κ3) is 7.41. The van der Waals surface area contributed by atoms with E-state index in [4.69, 9.17) is 5.73 Å². The van der Waals surface area contributed by atoms with E-state index in [1.54, 1.807) is 0 Å². The first-order chi connectivity index (χ1) is 7.63. The monoisotopic (exact) mass is 300 g/mol. The number of halogens is 2. The van der Waals surface area contributed by atoms with Gasteiger partial charge in [0.2, 0.25) is 0 Å². The van der Waals surface area contributed by atoms with Gasteiger partial charge < -0.3 is 15.4 Å². The lowest BCUT2D eigenvalue weighted by molar-refractivity contribution is -0.140. The van der Waals surface area contributed by atoms with Crippen LogP contribution < -0.4 is 5.73 Å². The van der Waals surface area contributed by atoms with E-state index >= 15 is 0 Å². The summed E-state index contributed by atoms with van der Waals surface area (Å²) in [6.45, 7) is 0.967. The maximum absolute atomic E-state index is 11.0. The lowest BCUT2D eigenvalue weighted by Gasteiger charge is -2.33. The summed E-state index contributed by atoms with van der Waals surface area (Å²) in [6.07, 6.45) is 6.04. The molecule has 110 valence electrons. The van der Waals surface area contributed by atoms with Crippen LogP contribution in [-0.4, -0.2) is 43.7 Å². The Balaban J connectivity index is 0. The van der Waals surface area contributed by atoms with Crippen molar-refractivity contribution in [3.8, 4) is 0 Å². The van der Waals surface area contributed by atoms with Gasteiger partial charge in [0.1, 0.15) is 0 Å². The van der Waals surface area contributed by atoms with Crippen LogP contribution in [0.15, 0.2) is 0 Å². The minimum Gasteiger partial charge on any atom is -0.469 e. The van der Waals surface area contributed by atoms with Gasteiger partial charge in [0.25, 0.3) is 0 Å². The van der Waals surface area contributed by atoms with Gasteiger partial charge in [-0.15, -0.1) is 24.8 Å². The minimum absolute atomic E-state index is 0. The van der Waals surface area contributed by atoms with E-state index in [-0.39, 0.29) is 30.8 Å². The van der Waals surface area contributed by atoms with Crippen LogP contribution >= 0.6 is 24.8 Å². The number of nitrogens with two attached hydrogens (primary N) is 1. The van der Waals surface area contributed by atoms with E-state index in [0.717, 1.165) is 25.8 Å². The van der Waals surface area contributed by atoms with Crippen LogP contribution in [0.25, 0.3) is 0 Å². The quantitative estimate of drug-likeness (QED) is 0.789. The SMILES string of the molecule is COC(=O)CCCN(C)C1CCC(N)CC1.Cl.Cl. The zero-order valence-electron chi connectivity index (χ0n) is 11.3. The Morgan fingerprint density at radius 1 is 1.28 bits per heavy atom. The fourth-order valence-corrected chi connectivity index (χ4v) is 2.30. The molecule has 0 aromatic rings. The number of hydrogen-bond acceptors (Lipinski definition) is 4. The number of rotatable bonds is 5. The Morgan fingerprint density at radius 2 is 1.83 bits per heavy atom. The third-order valence-corrected chi connectivity index (χ3v) is 3.48. The summed E-state index contributed by atoms with van der Waals surface area (Å²) < 4.78 is 4.62. The van der Waals surface area contributed by atoms with Gasteiger partial charge in [0, 0.05) is 18.5 Å². The van der Waals surface area contributed by atoms with Crippen molar-refractivity contribution in [3.05, 3.63) is 0 Å². The predicted molar refractivity (Wildman–Crippen MR) is 78.6 cm³/mol. The summed E-state index contributed by atoms with van der Waals surface area (Å²) in [7, 11) is 3.58. The first-order valence-electron chi connectivity index (χ1n) is 6.16. The zero-order chi connectivity index (χ0) is 12.0. The molecule has 0 heterocycles. The maximum atomic E-state index is 11.0. The molecule has 1 aliphatic rings. The first-order valence-corrected chi connectivity index (χ1v) is 6.16. The molecule has 0 spiro atoms. The summed E-state index contributed by atoms with van der Waals surface area (Å²) in [5.74, 6) is -0.112. The highest BCUT2D eigenvalue weighted by Gasteiger charge is 2.21. The van der Waals surface area contributed by atoms with Crippen molar-refractivity contribution in [2.24, 2.45) is 5.73 Å². The summed E-state index contributed by atoms with van der Waals surface area (Å²) in [5, 5.41) is 0. The normalized spacial score (nSPS) is 22.9. The van der Waals surface area contributed by atoms with E-state index < -0.39 is 0 Å². The Kier molecular flexibility index (Phi) is 12.2. The summed E-state index contributed by atoms with van der Waals surface area (Å²) >= 11 is 0. The van der Waals surface area contributed by atoms with Gasteiger partial charge >= 0.3 is 5.97 Å². The Bertz CT molecular complexity index is 222.